The highest BCUT2D eigenvalue weighted by molar-refractivity contribution is 5.89. The van der Waals surface area contributed by atoms with Gasteiger partial charge >= 0.3 is 5.97 Å². The van der Waals surface area contributed by atoms with Gasteiger partial charge in [-0.1, -0.05) is 0 Å². The molecule has 0 radical (unpaired) electrons. The lowest BCUT2D eigenvalue weighted by Gasteiger charge is -2.10. The van der Waals surface area contributed by atoms with E-state index in [4.69, 9.17) is 9.84 Å². The van der Waals surface area contributed by atoms with Gasteiger partial charge in [-0.3, -0.25) is 0 Å². The summed E-state index contributed by atoms with van der Waals surface area (Å²) < 4.78 is 32.6. The molecule has 0 aliphatic carbocycles. The summed E-state index contributed by atoms with van der Waals surface area (Å²) in [5, 5.41) is 11.4. The molecule has 0 spiro atoms. The molecule has 0 bridgehead atoms. The maximum Gasteiger partial charge on any atom is 0.338 e. The summed E-state index contributed by atoms with van der Waals surface area (Å²) >= 11 is 0. The van der Waals surface area contributed by atoms with E-state index < -0.39 is 23.2 Å². The Kier molecular flexibility index (Phi) is 4.32. The molecule has 7 heteroatoms. The third kappa shape index (κ3) is 3.25. The molecule has 0 fully saturated rings. The zero-order valence-corrected chi connectivity index (χ0v) is 11.1. The number of aromatic nitrogens is 1. The molecule has 21 heavy (non-hydrogen) atoms. The Morgan fingerprint density at radius 2 is 2.14 bits per heavy atom. The van der Waals surface area contributed by atoms with Crippen molar-refractivity contribution in [1.29, 1.82) is 0 Å². The Morgan fingerprint density at radius 3 is 2.76 bits per heavy atom. The number of hydrogen-bond acceptors (Lipinski definition) is 4. The average Bonchev–Trinajstić information content (AvgIpc) is 2.44. The first-order chi connectivity index (χ1) is 10.0. The second kappa shape index (κ2) is 6.17. The number of hydrogen-bond donors (Lipinski definition) is 2. The van der Waals surface area contributed by atoms with Gasteiger partial charge in [0, 0.05) is 18.0 Å². The SMILES string of the molecule is CCOc1ccc(Nc2nccc(C(=O)O)c2F)cc1F. The molecule has 0 aliphatic heterocycles. The molecule has 0 amide bonds. The number of carboxylic acids is 1. The molecule has 0 saturated heterocycles. The predicted octanol–water partition coefficient (Wildman–Crippen LogP) is 3.20. The van der Waals surface area contributed by atoms with Gasteiger partial charge in [-0.15, -0.1) is 0 Å². The number of aromatic carboxylic acids is 1. The molecular formula is C14H12F2N2O3. The average molecular weight is 294 g/mol. The van der Waals surface area contributed by atoms with E-state index in [0.29, 0.717) is 6.61 Å². The first-order valence-corrected chi connectivity index (χ1v) is 6.10. The number of benzene rings is 1. The largest absolute Gasteiger partial charge is 0.491 e. The van der Waals surface area contributed by atoms with Crippen molar-refractivity contribution in [3.8, 4) is 5.75 Å². The van der Waals surface area contributed by atoms with Crippen LogP contribution in [0.1, 0.15) is 17.3 Å². The molecule has 1 heterocycles. The monoisotopic (exact) mass is 294 g/mol. The van der Waals surface area contributed by atoms with Crippen LogP contribution in [-0.4, -0.2) is 22.7 Å². The van der Waals surface area contributed by atoms with E-state index in [-0.39, 0.29) is 17.3 Å². The summed E-state index contributed by atoms with van der Waals surface area (Å²) in [7, 11) is 0. The van der Waals surface area contributed by atoms with Crippen molar-refractivity contribution in [2.24, 2.45) is 0 Å². The zero-order chi connectivity index (χ0) is 15.4. The number of nitrogens with zero attached hydrogens (tertiary/aromatic N) is 1. The van der Waals surface area contributed by atoms with Crippen LogP contribution >= 0.6 is 0 Å². The number of ether oxygens (including phenoxy) is 1. The second-order valence-corrected chi connectivity index (χ2v) is 4.03. The van der Waals surface area contributed by atoms with E-state index in [2.05, 4.69) is 10.3 Å². The second-order valence-electron chi connectivity index (χ2n) is 4.03. The summed E-state index contributed by atoms with van der Waals surface area (Å²) in [4.78, 5) is 14.5. The summed E-state index contributed by atoms with van der Waals surface area (Å²) in [6, 6.07) is 5.02. The Balaban J connectivity index is 2.28. The van der Waals surface area contributed by atoms with Crippen molar-refractivity contribution in [2.75, 3.05) is 11.9 Å². The van der Waals surface area contributed by atoms with Gasteiger partial charge in [-0.05, 0) is 25.1 Å². The number of rotatable bonds is 5. The van der Waals surface area contributed by atoms with Crippen molar-refractivity contribution in [3.05, 3.63) is 47.7 Å². The van der Waals surface area contributed by atoms with Crippen LogP contribution in [0.4, 0.5) is 20.3 Å². The predicted molar refractivity (Wildman–Crippen MR) is 72.0 cm³/mol. The van der Waals surface area contributed by atoms with E-state index >= 15 is 0 Å². The summed E-state index contributed by atoms with van der Waals surface area (Å²) in [5.74, 6) is -3.25. The molecule has 0 aliphatic rings. The first kappa shape index (κ1) is 14.7. The highest BCUT2D eigenvalue weighted by Gasteiger charge is 2.15. The molecule has 2 rings (SSSR count). The van der Waals surface area contributed by atoms with Crippen molar-refractivity contribution >= 4 is 17.5 Å². The number of nitrogens with one attached hydrogen (secondary N) is 1. The minimum absolute atomic E-state index is 0.0794. The standard InChI is InChI=1S/C14H12F2N2O3/c1-2-21-11-4-3-8(7-10(11)15)18-13-12(16)9(14(19)20)5-6-17-13/h3-7H,2H2,1H3,(H,17,18)(H,19,20). The third-order valence-corrected chi connectivity index (χ3v) is 2.61. The molecule has 0 saturated carbocycles. The van der Waals surface area contributed by atoms with E-state index in [1.54, 1.807) is 6.92 Å². The van der Waals surface area contributed by atoms with Crippen molar-refractivity contribution in [2.45, 2.75) is 6.92 Å². The number of anilines is 2. The van der Waals surface area contributed by atoms with Gasteiger partial charge in [0.15, 0.2) is 23.2 Å². The Bertz CT molecular complexity index is 677. The zero-order valence-electron chi connectivity index (χ0n) is 11.1. The molecule has 110 valence electrons. The maximum atomic E-state index is 13.9. The molecular weight excluding hydrogens is 282 g/mol. The molecule has 2 N–H and O–H groups in total. The number of carbonyl (C=O) groups is 1. The van der Waals surface area contributed by atoms with Crippen LogP contribution in [-0.2, 0) is 0 Å². The lowest BCUT2D eigenvalue weighted by Crippen LogP contribution is -2.05. The Hall–Kier alpha value is -2.70. The van der Waals surface area contributed by atoms with E-state index in [1.165, 1.54) is 12.1 Å². The van der Waals surface area contributed by atoms with Gasteiger partial charge < -0.3 is 15.2 Å². The fraction of sp³-hybridized carbons (Fsp3) is 0.143. The van der Waals surface area contributed by atoms with Crippen LogP contribution in [0.15, 0.2) is 30.5 Å². The molecule has 0 atom stereocenters. The van der Waals surface area contributed by atoms with Gasteiger partial charge in [0.2, 0.25) is 0 Å². The molecule has 1 aromatic heterocycles. The van der Waals surface area contributed by atoms with Gasteiger partial charge in [-0.2, -0.15) is 0 Å². The third-order valence-electron chi connectivity index (χ3n) is 2.61. The Labute approximate surface area is 119 Å². The van der Waals surface area contributed by atoms with Crippen LogP contribution in [0.5, 0.6) is 5.75 Å². The lowest BCUT2D eigenvalue weighted by atomic mass is 10.2. The molecule has 2 aromatic rings. The maximum absolute atomic E-state index is 13.9. The van der Waals surface area contributed by atoms with Crippen molar-refractivity contribution < 1.29 is 23.4 Å². The first-order valence-electron chi connectivity index (χ1n) is 6.10. The van der Waals surface area contributed by atoms with Crippen LogP contribution in [0, 0.1) is 11.6 Å². The summed E-state index contributed by atoms with van der Waals surface area (Å²) in [5.41, 5.74) is -0.288. The van der Waals surface area contributed by atoms with E-state index in [0.717, 1.165) is 18.3 Å². The number of carboxylic acid groups (broad SMARTS) is 1. The fourth-order valence-electron chi connectivity index (χ4n) is 1.68. The van der Waals surface area contributed by atoms with Gasteiger partial charge in [0.1, 0.15) is 5.56 Å². The number of halogens is 2. The fourth-order valence-corrected chi connectivity index (χ4v) is 1.68. The lowest BCUT2D eigenvalue weighted by molar-refractivity contribution is 0.0692. The number of pyridine rings is 1. The smallest absolute Gasteiger partial charge is 0.338 e. The van der Waals surface area contributed by atoms with Crippen molar-refractivity contribution in [3.63, 3.8) is 0 Å². The van der Waals surface area contributed by atoms with Crippen LogP contribution in [0.25, 0.3) is 0 Å². The van der Waals surface area contributed by atoms with E-state index in [9.17, 15) is 13.6 Å². The Morgan fingerprint density at radius 1 is 1.38 bits per heavy atom. The van der Waals surface area contributed by atoms with Gasteiger partial charge in [0.05, 0.1) is 6.61 Å². The normalized spacial score (nSPS) is 10.2. The topological polar surface area (TPSA) is 71.5 Å². The summed E-state index contributed by atoms with van der Waals surface area (Å²) in [6.45, 7) is 2.04. The highest BCUT2D eigenvalue weighted by atomic mass is 19.1. The van der Waals surface area contributed by atoms with Crippen molar-refractivity contribution in [1.82, 2.24) is 4.98 Å². The quantitative estimate of drug-likeness (QED) is 0.886. The van der Waals surface area contributed by atoms with Crippen LogP contribution < -0.4 is 10.1 Å². The van der Waals surface area contributed by atoms with Crippen LogP contribution in [0.3, 0.4) is 0 Å². The molecule has 0 unspecified atom stereocenters. The summed E-state index contributed by atoms with van der Waals surface area (Å²) in [6.07, 6.45) is 1.15. The van der Waals surface area contributed by atoms with Gasteiger partial charge in [0.25, 0.3) is 0 Å². The highest BCUT2D eigenvalue weighted by Crippen LogP contribution is 2.25. The molecule has 1 aromatic carbocycles. The minimum Gasteiger partial charge on any atom is -0.491 e. The van der Waals surface area contributed by atoms with Crippen LogP contribution in [0.2, 0.25) is 0 Å². The van der Waals surface area contributed by atoms with Gasteiger partial charge in [-0.25, -0.2) is 18.6 Å². The molecule has 5 nitrogen and oxygen atoms in total. The van der Waals surface area contributed by atoms with E-state index in [1.807, 2.05) is 0 Å². The minimum atomic E-state index is -1.41.